The highest BCUT2D eigenvalue weighted by Crippen LogP contribution is 2.15. The van der Waals surface area contributed by atoms with Crippen molar-refractivity contribution in [1.82, 2.24) is 10.2 Å². The molecule has 2 N–H and O–H groups in total. The first-order chi connectivity index (χ1) is 9.52. The van der Waals surface area contributed by atoms with Crippen LogP contribution in [0.4, 0.5) is 0 Å². The van der Waals surface area contributed by atoms with E-state index in [9.17, 15) is 4.79 Å². The standard InChI is InChI=1S/C15H22N2O2S/c1-12(9-10-17(2)3)16-15(19)14-8-7-13(20-14)6-4-5-11-18/h7-8,12,18H,5,9-11H2,1-3H3,(H,16,19). The molecule has 0 radical (unpaired) electrons. The van der Waals surface area contributed by atoms with E-state index in [1.165, 1.54) is 11.3 Å². The van der Waals surface area contributed by atoms with E-state index in [0.717, 1.165) is 17.8 Å². The summed E-state index contributed by atoms with van der Waals surface area (Å²) < 4.78 is 0. The molecule has 1 atom stereocenters. The molecule has 1 aromatic rings. The van der Waals surface area contributed by atoms with E-state index in [0.29, 0.717) is 11.3 Å². The average Bonchev–Trinajstić information content (AvgIpc) is 2.85. The number of nitrogens with zero attached hydrogens (tertiary/aromatic N) is 1. The van der Waals surface area contributed by atoms with Crippen LogP contribution < -0.4 is 5.32 Å². The number of aliphatic hydroxyl groups is 1. The number of carbonyl (C=O) groups excluding carboxylic acids is 1. The molecule has 0 bridgehead atoms. The van der Waals surface area contributed by atoms with Crippen LogP contribution >= 0.6 is 11.3 Å². The Labute approximate surface area is 124 Å². The second kappa shape index (κ2) is 8.75. The fourth-order valence-corrected chi connectivity index (χ4v) is 2.34. The quantitative estimate of drug-likeness (QED) is 0.783. The summed E-state index contributed by atoms with van der Waals surface area (Å²) in [5, 5.41) is 11.6. The molecule has 5 heteroatoms. The van der Waals surface area contributed by atoms with Gasteiger partial charge in [0.2, 0.25) is 0 Å². The number of nitrogens with one attached hydrogen (secondary N) is 1. The molecule has 1 unspecified atom stereocenters. The lowest BCUT2D eigenvalue weighted by molar-refractivity contribution is 0.0941. The minimum absolute atomic E-state index is 0.0449. The van der Waals surface area contributed by atoms with Gasteiger partial charge >= 0.3 is 0 Å². The molecule has 1 aromatic heterocycles. The van der Waals surface area contributed by atoms with Crippen LogP contribution in [0.2, 0.25) is 0 Å². The summed E-state index contributed by atoms with van der Waals surface area (Å²) >= 11 is 1.38. The first-order valence-electron chi connectivity index (χ1n) is 6.68. The summed E-state index contributed by atoms with van der Waals surface area (Å²) in [6.07, 6.45) is 1.38. The van der Waals surface area contributed by atoms with Crippen molar-refractivity contribution in [3.8, 4) is 11.8 Å². The number of rotatable bonds is 6. The fraction of sp³-hybridized carbons (Fsp3) is 0.533. The number of thiophene rings is 1. The monoisotopic (exact) mass is 294 g/mol. The smallest absolute Gasteiger partial charge is 0.261 e. The Morgan fingerprint density at radius 2 is 2.25 bits per heavy atom. The normalized spacial score (nSPS) is 11.8. The SMILES string of the molecule is CC(CCN(C)C)NC(=O)c1ccc(C#CCCO)s1. The lowest BCUT2D eigenvalue weighted by atomic mass is 10.2. The van der Waals surface area contributed by atoms with Crippen molar-refractivity contribution < 1.29 is 9.90 Å². The maximum Gasteiger partial charge on any atom is 0.261 e. The lowest BCUT2D eigenvalue weighted by Gasteiger charge is -2.16. The van der Waals surface area contributed by atoms with Crippen molar-refractivity contribution in [2.75, 3.05) is 27.2 Å². The molecule has 0 aliphatic rings. The Morgan fingerprint density at radius 3 is 2.90 bits per heavy atom. The summed E-state index contributed by atoms with van der Waals surface area (Å²) in [5.74, 6) is 5.74. The summed E-state index contributed by atoms with van der Waals surface area (Å²) in [5.41, 5.74) is 0. The molecule has 0 saturated heterocycles. The third kappa shape index (κ3) is 6.20. The molecule has 110 valence electrons. The van der Waals surface area contributed by atoms with Gasteiger partial charge in [-0.05, 0) is 46.1 Å². The highest BCUT2D eigenvalue weighted by Gasteiger charge is 2.11. The summed E-state index contributed by atoms with van der Waals surface area (Å²) in [6, 6.07) is 3.78. The summed E-state index contributed by atoms with van der Waals surface area (Å²) in [7, 11) is 4.04. The first kappa shape index (κ1) is 16.7. The van der Waals surface area contributed by atoms with Crippen LogP contribution in [-0.2, 0) is 0 Å². The van der Waals surface area contributed by atoms with Crippen LogP contribution in [0.15, 0.2) is 12.1 Å². The van der Waals surface area contributed by atoms with Gasteiger partial charge in [0, 0.05) is 12.5 Å². The van der Waals surface area contributed by atoms with Crippen molar-refractivity contribution in [2.24, 2.45) is 0 Å². The zero-order valence-electron chi connectivity index (χ0n) is 12.3. The molecule has 1 heterocycles. The van der Waals surface area contributed by atoms with Crippen molar-refractivity contribution >= 4 is 17.2 Å². The van der Waals surface area contributed by atoms with E-state index >= 15 is 0 Å². The Kier molecular flexibility index (Phi) is 7.31. The molecule has 1 rings (SSSR count). The Balaban J connectivity index is 2.50. The van der Waals surface area contributed by atoms with Crippen LogP contribution in [0.5, 0.6) is 0 Å². The van der Waals surface area contributed by atoms with Gasteiger partial charge in [0.05, 0.1) is 16.4 Å². The maximum absolute atomic E-state index is 12.0. The second-order valence-electron chi connectivity index (χ2n) is 4.91. The molecule has 4 nitrogen and oxygen atoms in total. The van der Waals surface area contributed by atoms with Crippen LogP contribution in [0.25, 0.3) is 0 Å². The van der Waals surface area contributed by atoms with Crippen molar-refractivity contribution in [3.05, 3.63) is 21.9 Å². The number of hydrogen-bond donors (Lipinski definition) is 2. The Morgan fingerprint density at radius 1 is 1.50 bits per heavy atom. The molecule has 0 aliphatic carbocycles. The highest BCUT2D eigenvalue weighted by atomic mass is 32.1. The number of aliphatic hydroxyl groups excluding tert-OH is 1. The number of carbonyl (C=O) groups is 1. The zero-order valence-corrected chi connectivity index (χ0v) is 13.1. The van der Waals surface area contributed by atoms with E-state index < -0.39 is 0 Å². The number of hydrogen-bond acceptors (Lipinski definition) is 4. The summed E-state index contributed by atoms with van der Waals surface area (Å²) in [4.78, 5) is 15.7. The van der Waals surface area contributed by atoms with E-state index in [-0.39, 0.29) is 18.6 Å². The predicted molar refractivity (Wildman–Crippen MR) is 83.0 cm³/mol. The van der Waals surface area contributed by atoms with Crippen molar-refractivity contribution in [1.29, 1.82) is 0 Å². The third-order valence-corrected chi connectivity index (χ3v) is 3.66. The average molecular weight is 294 g/mol. The van der Waals surface area contributed by atoms with Crippen LogP contribution in [0.3, 0.4) is 0 Å². The molecule has 0 saturated carbocycles. The van der Waals surface area contributed by atoms with Gasteiger partial charge in [-0.2, -0.15) is 0 Å². The lowest BCUT2D eigenvalue weighted by Crippen LogP contribution is -2.34. The van der Waals surface area contributed by atoms with Gasteiger partial charge in [0.1, 0.15) is 0 Å². The van der Waals surface area contributed by atoms with Gasteiger partial charge < -0.3 is 15.3 Å². The van der Waals surface area contributed by atoms with Crippen LogP contribution in [0, 0.1) is 11.8 Å². The minimum Gasteiger partial charge on any atom is -0.395 e. The van der Waals surface area contributed by atoms with Gasteiger partial charge in [0.25, 0.3) is 5.91 Å². The van der Waals surface area contributed by atoms with E-state index in [1.54, 1.807) is 6.07 Å². The number of amides is 1. The van der Waals surface area contributed by atoms with Crippen LogP contribution in [-0.4, -0.2) is 49.2 Å². The summed E-state index contributed by atoms with van der Waals surface area (Å²) in [6.45, 7) is 3.02. The van der Waals surface area contributed by atoms with Gasteiger partial charge in [-0.15, -0.1) is 11.3 Å². The maximum atomic E-state index is 12.0. The van der Waals surface area contributed by atoms with E-state index in [2.05, 4.69) is 22.1 Å². The highest BCUT2D eigenvalue weighted by molar-refractivity contribution is 7.14. The molecule has 0 spiro atoms. The molecule has 20 heavy (non-hydrogen) atoms. The zero-order chi connectivity index (χ0) is 15.0. The second-order valence-corrected chi connectivity index (χ2v) is 5.99. The van der Waals surface area contributed by atoms with Gasteiger partial charge in [-0.25, -0.2) is 0 Å². The molecular formula is C15H22N2O2S. The molecule has 0 fully saturated rings. The fourth-order valence-electron chi connectivity index (χ4n) is 1.55. The molecule has 0 aliphatic heterocycles. The van der Waals surface area contributed by atoms with Gasteiger partial charge in [0.15, 0.2) is 0 Å². The largest absolute Gasteiger partial charge is 0.395 e. The van der Waals surface area contributed by atoms with Crippen molar-refractivity contribution in [2.45, 2.75) is 25.8 Å². The minimum atomic E-state index is -0.0449. The van der Waals surface area contributed by atoms with Crippen LogP contribution in [0.1, 0.15) is 34.3 Å². The molecular weight excluding hydrogens is 272 g/mol. The predicted octanol–water partition coefficient (Wildman–Crippen LogP) is 1.55. The Bertz CT molecular complexity index is 486. The van der Waals surface area contributed by atoms with Gasteiger partial charge in [-0.3, -0.25) is 4.79 Å². The van der Waals surface area contributed by atoms with E-state index in [4.69, 9.17) is 5.11 Å². The van der Waals surface area contributed by atoms with Gasteiger partial charge in [-0.1, -0.05) is 11.8 Å². The van der Waals surface area contributed by atoms with E-state index in [1.807, 2.05) is 27.1 Å². The first-order valence-corrected chi connectivity index (χ1v) is 7.49. The third-order valence-electron chi connectivity index (χ3n) is 2.66. The topological polar surface area (TPSA) is 52.6 Å². The Hall–Kier alpha value is -1.35. The molecule has 0 aromatic carbocycles. The molecule has 1 amide bonds. The van der Waals surface area contributed by atoms with Crippen molar-refractivity contribution in [3.63, 3.8) is 0 Å².